The van der Waals surface area contributed by atoms with E-state index in [9.17, 15) is 14.0 Å². The Hall–Kier alpha value is -4.24. The lowest BCUT2D eigenvalue weighted by atomic mass is 9.93. The summed E-state index contributed by atoms with van der Waals surface area (Å²) in [5, 5.41) is 0. The van der Waals surface area contributed by atoms with Crippen LogP contribution in [0.1, 0.15) is 29.9 Å². The molecule has 5 rings (SSSR count). The molecule has 2 aromatic heterocycles. The summed E-state index contributed by atoms with van der Waals surface area (Å²) in [6, 6.07) is 17.8. The van der Waals surface area contributed by atoms with Gasteiger partial charge in [-0.25, -0.2) is 14.2 Å². The molecular formula is C28H24FN3O4S. The van der Waals surface area contributed by atoms with E-state index in [1.54, 1.807) is 31.2 Å². The van der Waals surface area contributed by atoms with E-state index < -0.39 is 17.8 Å². The van der Waals surface area contributed by atoms with Crippen molar-refractivity contribution in [3.8, 4) is 0 Å². The van der Waals surface area contributed by atoms with Crippen LogP contribution in [0.2, 0.25) is 0 Å². The van der Waals surface area contributed by atoms with Crippen molar-refractivity contribution in [3.05, 3.63) is 115 Å². The number of esters is 1. The molecule has 9 heteroatoms. The van der Waals surface area contributed by atoms with Crippen LogP contribution in [-0.4, -0.2) is 31.2 Å². The topological polar surface area (TPSA) is 77.0 Å². The molecule has 0 saturated carbocycles. The van der Waals surface area contributed by atoms with Crippen molar-refractivity contribution in [2.75, 3.05) is 25.6 Å². The van der Waals surface area contributed by atoms with Crippen LogP contribution >= 0.6 is 11.3 Å². The van der Waals surface area contributed by atoms with Crippen LogP contribution in [-0.2, 0) is 9.53 Å². The number of fused-ring (bicyclic) bond motifs is 1. The lowest BCUT2D eigenvalue weighted by molar-refractivity contribution is -0.138. The number of thiazole rings is 1. The van der Waals surface area contributed by atoms with Gasteiger partial charge in [-0.1, -0.05) is 53.8 Å². The first kappa shape index (κ1) is 24.5. The van der Waals surface area contributed by atoms with Crippen LogP contribution in [0.15, 0.2) is 86.5 Å². The Morgan fingerprint density at radius 3 is 2.51 bits per heavy atom. The maximum absolute atomic E-state index is 13.8. The second-order valence-electron chi connectivity index (χ2n) is 8.55. The van der Waals surface area contributed by atoms with Gasteiger partial charge in [0.25, 0.3) is 5.56 Å². The molecule has 0 aliphatic carbocycles. The lowest BCUT2D eigenvalue weighted by Crippen LogP contribution is -2.40. The van der Waals surface area contributed by atoms with Crippen LogP contribution in [0.5, 0.6) is 0 Å². The van der Waals surface area contributed by atoms with E-state index in [0.717, 1.165) is 0 Å². The van der Waals surface area contributed by atoms with E-state index in [-0.39, 0.29) is 17.7 Å². The van der Waals surface area contributed by atoms with E-state index in [1.807, 2.05) is 55.4 Å². The second kappa shape index (κ2) is 10.0. The van der Waals surface area contributed by atoms with Crippen LogP contribution in [0.3, 0.4) is 0 Å². The molecule has 0 amide bonds. The number of halogens is 1. The Morgan fingerprint density at radius 1 is 1.14 bits per heavy atom. The minimum absolute atomic E-state index is 0.150. The van der Waals surface area contributed by atoms with Gasteiger partial charge in [0, 0.05) is 31.8 Å². The zero-order valence-electron chi connectivity index (χ0n) is 20.5. The molecule has 2 aromatic carbocycles. The second-order valence-corrected chi connectivity index (χ2v) is 9.56. The first-order valence-electron chi connectivity index (χ1n) is 11.7. The highest BCUT2D eigenvalue weighted by Crippen LogP contribution is 2.35. The van der Waals surface area contributed by atoms with Gasteiger partial charge in [0.1, 0.15) is 11.6 Å². The van der Waals surface area contributed by atoms with Gasteiger partial charge in [0.2, 0.25) is 0 Å². The zero-order valence-corrected chi connectivity index (χ0v) is 21.3. The summed E-state index contributed by atoms with van der Waals surface area (Å²) in [7, 11) is 3.72. The molecule has 0 fully saturated rings. The van der Waals surface area contributed by atoms with E-state index in [2.05, 4.69) is 0 Å². The van der Waals surface area contributed by atoms with E-state index in [0.29, 0.717) is 37.8 Å². The van der Waals surface area contributed by atoms with Crippen molar-refractivity contribution in [3.63, 3.8) is 0 Å². The summed E-state index contributed by atoms with van der Waals surface area (Å²) in [5.41, 5.74) is 1.56. The quantitative estimate of drug-likeness (QED) is 0.364. The zero-order chi connectivity index (χ0) is 26.1. The normalized spacial score (nSPS) is 15.4. The van der Waals surface area contributed by atoms with E-state index >= 15 is 0 Å². The third-order valence-electron chi connectivity index (χ3n) is 5.89. The third-order valence-corrected chi connectivity index (χ3v) is 6.87. The molecule has 188 valence electrons. The summed E-state index contributed by atoms with van der Waals surface area (Å²) in [4.78, 5) is 34.1. The van der Waals surface area contributed by atoms with Crippen molar-refractivity contribution < 1.29 is 18.3 Å². The van der Waals surface area contributed by atoms with Crippen LogP contribution in [0.25, 0.3) is 11.8 Å². The minimum Gasteiger partial charge on any atom is -0.463 e. The maximum atomic E-state index is 13.8. The summed E-state index contributed by atoms with van der Waals surface area (Å²) in [5.74, 6) is 0.158. The van der Waals surface area contributed by atoms with Gasteiger partial charge >= 0.3 is 5.97 Å². The monoisotopic (exact) mass is 517 g/mol. The number of hydrogen-bond acceptors (Lipinski definition) is 7. The minimum atomic E-state index is -0.859. The van der Waals surface area contributed by atoms with Gasteiger partial charge in [0.05, 0.1) is 28.5 Å². The Labute approximate surface area is 216 Å². The first-order valence-corrected chi connectivity index (χ1v) is 12.5. The molecule has 0 radical (unpaired) electrons. The smallest absolute Gasteiger partial charge is 0.338 e. The molecule has 0 spiro atoms. The Kier molecular flexibility index (Phi) is 6.62. The van der Waals surface area contributed by atoms with Gasteiger partial charge in [0.15, 0.2) is 10.7 Å². The molecule has 0 unspecified atom stereocenters. The number of ether oxygens (including phenoxy) is 1. The van der Waals surface area contributed by atoms with Gasteiger partial charge < -0.3 is 14.1 Å². The van der Waals surface area contributed by atoms with Crippen LogP contribution in [0.4, 0.5) is 10.3 Å². The summed E-state index contributed by atoms with van der Waals surface area (Å²) in [6.45, 7) is 1.87. The van der Waals surface area contributed by atoms with Crippen molar-refractivity contribution in [2.24, 2.45) is 4.99 Å². The molecule has 37 heavy (non-hydrogen) atoms. The lowest BCUT2D eigenvalue weighted by Gasteiger charge is -2.25. The van der Waals surface area contributed by atoms with Crippen molar-refractivity contribution in [2.45, 2.75) is 13.0 Å². The molecular weight excluding hydrogens is 493 g/mol. The Bertz CT molecular complexity index is 1660. The average Bonchev–Trinajstić information content (AvgIpc) is 3.49. The fraction of sp³-hybridized carbons (Fsp3) is 0.179. The molecule has 0 saturated heterocycles. The third kappa shape index (κ3) is 4.65. The first-order chi connectivity index (χ1) is 17.9. The molecule has 1 atom stereocenters. The number of hydrogen-bond donors (Lipinski definition) is 0. The number of nitrogens with zero attached hydrogens (tertiary/aromatic N) is 3. The molecule has 1 aliphatic rings. The summed E-state index contributed by atoms with van der Waals surface area (Å²) >= 11 is 1.20. The number of benzene rings is 2. The van der Waals surface area contributed by atoms with Gasteiger partial charge in [-0.3, -0.25) is 9.36 Å². The predicted octanol–water partition coefficient (Wildman–Crippen LogP) is 3.73. The largest absolute Gasteiger partial charge is 0.463 e. The van der Waals surface area contributed by atoms with Crippen molar-refractivity contribution >= 4 is 35.0 Å². The number of rotatable bonds is 6. The fourth-order valence-corrected chi connectivity index (χ4v) is 5.17. The average molecular weight is 518 g/mol. The molecule has 0 N–H and O–H groups in total. The van der Waals surface area contributed by atoms with Crippen LogP contribution in [0, 0.1) is 5.82 Å². The van der Waals surface area contributed by atoms with Gasteiger partial charge in [-0.05, 0) is 30.7 Å². The van der Waals surface area contributed by atoms with E-state index in [1.165, 1.54) is 28.0 Å². The SMILES string of the molecule is CCOC(=O)C1=C(c2ccccc2)N=c2s/c(=C\c3ccc(N(C)C)o3)c(=O)n2[C@@H]1c1ccc(F)cc1. The highest BCUT2D eigenvalue weighted by Gasteiger charge is 2.35. The maximum Gasteiger partial charge on any atom is 0.338 e. The number of anilines is 1. The highest BCUT2D eigenvalue weighted by molar-refractivity contribution is 7.07. The number of furan rings is 1. The van der Waals surface area contributed by atoms with Crippen LogP contribution < -0.4 is 19.8 Å². The Balaban J connectivity index is 1.80. The summed E-state index contributed by atoms with van der Waals surface area (Å²) in [6.07, 6.45) is 1.66. The number of carbonyl (C=O) groups is 1. The number of carbonyl (C=O) groups excluding carboxylic acids is 1. The summed E-state index contributed by atoms with van der Waals surface area (Å²) < 4.78 is 26.9. The predicted molar refractivity (Wildman–Crippen MR) is 140 cm³/mol. The molecule has 3 heterocycles. The fourth-order valence-electron chi connectivity index (χ4n) is 4.19. The standard InChI is InChI=1S/C28H24FN3O4S/c1-4-35-27(34)23-24(17-8-6-5-7-9-17)30-28-32(25(23)18-10-12-19(29)13-11-18)26(33)21(37-28)16-20-14-15-22(36-20)31(2)3/h5-16,25H,4H2,1-3H3/b21-16-/t25-/m1/s1. The number of aromatic nitrogens is 1. The molecule has 0 bridgehead atoms. The Morgan fingerprint density at radius 2 is 1.86 bits per heavy atom. The molecule has 7 nitrogen and oxygen atoms in total. The van der Waals surface area contributed by atoms with Crippen molar-refractivity contribution in [1.29, 1.82) is 0 Å². The molecule has 4 aromatic rings. The van der Waals surface area contributed by atoms with Gasteiger partial charge in [-0.15, -0.1) is 0 Å². The molecule has 1 aliphatic heterocycles. The van der Waals surface area contributed by atoms with Crippen molar-refractivity contribution in [1.82, 2.24) is 4.57 Å². The highest BCUT2D eigenvalue weighted by atomic mass is 32.1. The van der Waals surface area contributed by atoms with E-state index in [4.69, 9.17) is 14.1 Å². The van der Waals surface area contributed by atoms with Gasteiger partial charge in [-0.2, -0.15) is 0 Å².